The Kier molecular flexibility index (Phi) is 3.53. The molecule has 4 heteroatoms. The Bertz CT molecular complexity index is 662. The van der Waals surface area contributed by atoms with Crippen molar-refractivity contribution < 1.29 is 4.74 Å². The molecule has 0 radical (unpaired) electrons. The molecule has 1 aromatic carbocycles. The van der Waals surface area contributed by atoms with Crippen LogP contribution in [-0.2, 0) is 4.74 Å². The van der Waals surface area contributed by atoms with Crippen LogP contribution in [0.2, 0.25) is 0 Å². The highest BCUT2D eigenvalue weighted by atomic mass is 16.5. The van der Waals surface area contributed by atoms with Crippen LogP contribution in [0.3, 0.4) is 0 Å². The van der Waals surface area contributed by atoms with Gasteiger partial charge in [0.2, 0.25) is 0 Å². The van der Waals surface area contributed by atoms with Gasteiger partial charge in [0.25, 0.3) is 0 Å². The van der Waals surface area contributed by atoms with Gasteiger partial charge >= 0.3 is 0 Å². The fraction of sp³-hybridized carbons (Fsp3) is 0.375. The SMILES string of the molecule is CC1OCCC1CNc1cc(C#N)c2ccccc2n1. The molecule has 1 aliphatic heterocycles. The first-order chi connectivity index (χ1) is 9.78. The number of nitriles is 1. The third-order valence-corrected chi connectivity index (χ3v) is 3.92. The highest BCUT2D eigenvalue weighted by molar-refractivity contribution is 5.86. The number of aromatic nitrogens is 1. The first kappa shape index (κ1) is 12.9. The predicted octanol–water partition coefficient (Wildman–Crippen LogP) is 2.94. The van der Waals surface area contributed by atoms with Gasteiger partial charge in [0.05, 0.1) is 23.3 Å². The minimum atomic E-state index is 0.290. The van der Waals surface area contributed by atoms with Gasteiger partial charge in [-0.3, -0.25) is 0 Å². The van der Waals surface area contributed by atoms with Crippen molar-refractivity contribution in [3.63, 3.8) is 0 Å². The molecule has 3 rings (SSSR count). The number of ether oxygens (including phenoxy) is 1. The van der Waals surface area contributed by atoms with Crippen LogP contribution in [0.25, 0.3) is 10.9 Å². The number of rotatable bonds is 3. The lowest BCUT2D eigenvalue weighted by atomic mass is 10.0. The number of nitrogens with zero attached hydrogens (tertiary/aromatic N) is 2. The molecule has 1 aromatic heterocycles. The topological polar surface area (TPSA) is 57.9 Å². The molecule has 1 fully saturated rings. The van der Waals surface area contributed by atoms with Crippen molar-refractivity contribution in [1.82, 2.24) is 4.98 Å². The normalized spacial score (nSPS) is 21.8. The predicted molar refractivity (Wildman–Crippen MR) is 78.5 cm³/mol. The van der Waals surface area contributed by atoms with Gasteiger partial charge in [0.15, 0.2) is 0 Å². The maximum Gasteiger partial charge on any atom is 0.127 e. The highest BCUT2D eigenvalue weighted by Crippen LogP contribution is 2.23. The van der Waals surface area contributed by atoms with Crippen LogP contribution in [0.1, 0.15) is 18.9 Å². The van der Waals surface area contributed by atoms with E-state index >= 15 is 0 Å². The highest BCUT2D eigenvalue weighted by Gasteiger charge is 2.23. The van der Waals surface area contributed by atoms with Crippen LogP contribution in [0, 0.1) is 17.2 Å². The Morgan fingerprint density at radius 3 is 3.05 bits per heavy atom. The van der Waals surface area contributed by atoms with Crippen molar-refractivity contribution in [2.45, 2.75) is 19.4 Å². The van der Waals surface area contributed by atoms with Crippen molar-refractivity contribution in [3.8, 4) is 6.07 Å². The third kappa shape index (κ3) is 2.45. The Morgan fingerprint density at radius 1 is 1.45 bits per heavy atom. The molecule has 2 aromatic rings. The minimum Gasteiger partial charge on any atom is -0.378 e. The van der Waals surface area contributed by atoms with Gasteiger partial charge in [-0.1, -0.05) is 18.2 Å². The number of hydrogen-bond donors (Lipinski definition) is 1. The second-order valence-corrected chi connectivity index (χ2v) is 5.19. The second-order valence-electron chi connectivity index (χ2n) is 5.19. The van der Waals surface area contributed by atoms with Gasteiger partial charge in [-0.15, -0.1) is 0 Å². The summed E-state index contributed by atoms with van der Waals surface area (Å²) < 4.78 is 5.56. The average Bonchev–Trinajstić information content (AvgIpc) is 2.89. The zero-order valence-corrected chi connectivity index (χ0v) is 11.5. The molecule has 2 unspecified atom stereocenters. The molecule has 4 nitrogen and oxygen atoms in total. The number of benzene rings is 1. The summed E-state index contributed by atoms with van der Waals surface area (Å²) in [6.45, 7) is 3.77. The van der Waals surface area contributed by atoms with Crippen LogP contribution in [-0.4, -0.2) is 24.2 Å². The van der Waals surface area contributed by atoms with E-state index in [-0.39, 0.29) is 0 Å². The number of pyridine rings is 1. The van der Waals surface area contributed by atoms with Crippen molar-refractivity contribution in [3.05, 3.63) is 35.9 Å². The van der Waals surface area contributed by atoms with Gasteiger partial charge in [0, 0.05) is 24.5 Å². The second kappa shape index (κ2) is 5.48. The lowest BCUT2D eigenvalue weighted by Gasteiger charge is -2.15. The fourth-order valence-electron chi connectivity index (χ4n) is 2.64. The zero-order valence-electron chi connectivity index (χ0n) is 11.5. The van der Waals surface area contributed by atoms with Crippen LogP contribution >= 0.6 is 0 Å². The summed E-state index contributed by atoms with van der Waals surface area (Å²) >= 11 is 0. The molecule has 1 saturated heterocycles. The molecule has 0 spiro atoms. The molecule has 0 saturated carbocycles. The number of para-hydroxylation sites is 1. The summed E-state index contributed by atoms with van der Waals surface area (Å²) in [5.74, 6) is 1.27. The fourth-order valence-corrected chi connectivity index (χ4v) is 2.64. The van der Waals surface area contributed by atoms with Gasteiger partial charge < -0.3 is 10.1 Å². The molecule has 20 heavy (non-hydrogen) atoms. The average molecular weight is 267 g/mol. The van der Waals surface area contributed by atoms with Gasteiger partial charge in [-0.25, -0.2) is 4.98 Å². The van der Waals surface area contributed by atoms with Crippen molar-refractivity contribution >= 4 is 16.7 Å². The van der Waals surface area contributed by atoms with Crippen LogP contribution < -0.4 is 5.32 Å². The first-order valence-corrected chi connectivity index (χ1v) is 6.93. The van der Waals surface area contributed by atoms with Crippen molar-refractivity contribution in [1.29, 1.82) is 5.26 Å². The molecule has 2 heterocycles. The van der Waals surface area contributed by atoms with Gasteiger partial charge in [0.1, 0.15) is 5.82 Å². The lowest BCUT2D eigenvalue weighted by Crippen LogP contribution is -2.21. The number of anilines is 1. The number of fused-ring (bicyclic) bond motifs is 1. The van der Waals surface area contributed by atoms with E-state index in [1.165, 1.54) is 0 Å². The van der Waals surface area contributed by atoms with Gasteiger partial charge in [-0.05, 0) is 25.5 Å². The van der Waals surface area contributed by atoms with E-state index < -0.39 is 0 Å². The molecule has 102 valence electrons. The Labute approximate surface area is 118 Å². The van der Waals surface area contributed by atoms with Gasteiger partial charge in [-0.2, -0.15) is 5.26 Å². The molecule has 1 N–H and O–H groups in total. The van der Waals surface area contributed by atoms with E-state index in [1.807, 2.05) is 30.3 Å². The summed E-state index contributed by atoms with van der Waals surface area (Å²) in [6.07, 6.45) is 1.37. The summed E-state index contributed by atoms with van der Waals surface area (Å²) in [5.41, 5.74) is 1.51. The molecule has 0 bridgehead atoms. The molecule has 0 amide bonds. The number of hydrogen-bond acceptors (Lipinski definition) is 4. The third-order valence-electron chi connectivity index (χ3n) is 3.92. The Morgan fingerprint density at radius 2 is 2.30 bits per heavy atom. The molecular formula is C16H17N3O. The van der Waals surface area contributed by atoms with Crippen LogP contribution in [0.4, 0.5) is 5.82 Å². The first-order valence-electron chi connectivity index (χ1n) is 6.93. The van der Waals surface area contributed by atoms with E-state index in [9.17, 15) is 5.26 Å². The maximum atomic E-state index is 9.26. The minimum absolute atomic E-state index is 0.290. The van der Waals surface area contributed by atoms with Crippen LogP contribution in [0.5, 0.6) is 0 Å². The Balaban J connectivity index is 1.83. The van der Waals surface area contributed by atoms with E-state index in [1.54, 1.807) is 0 Å². The number of nitrogens with one attached hydrogen (secondary N) is 1. The monoisotopic (exact) mass is 267 g/mol. The standard InChI is InChI=1S/C16H17N3O/c1-11-12(6-7-20-11)10-18-16-8-13(9-17)14-4-2-3-5-15(14)19-16/h2-5,8,11-12H,6-7,10H2,1H3,(H,18,19). The summed E-state index contributed by atoms with van der Waals surface area (Å²) in [7, 11) is 0. The summed E-state index contributed by atoms with van der Waals surface area (Å²) in [5, 5.41) is 13.5. The molecular weight excluding hydrogens is 250 g/mol. The van der Waals surface area contributed by atoms with E-state index in [4.69, 9.17) is 4.74 Å². The summed E-state index contributed by atoms with van der Waals surface area (Å²) in [4.78, 5) is 4.57. The lowest BCUT2D eigenvalue weighted by molar-refractivity contribution is 0.108. The van der Waals surface area contributed by atoms with E-state index in [0.717, 1.165) is 36.3 Å². The molecule has 0 aliphatic carbocycles. The van der Waals surface area contributed by atoms with E-state index in [2.05, 4.69) is 23.3 Å². The zero-order chi connectivity index (χ0) is 13.9. The van der Waals surface area contributed by atoms with Crippen molar-refractivity contribution in [2.24, 2.45) is 5.92 Å². The molecule has 2 atom stereocenters. The molecule has 1 aliphatic rings. The summed E-state index contributed by atoms with van der Waals surface area (Å²) in [6, 6.07) is 11.8. The quantitative estimate of drug-likeness (QED) is 0.929. The largest absolute Gasteiger partial charge is 0.378 e. The van der Waals surface area contributed by atoms with Crippen molar-refractivity contribution in [2.75, 3.05) is 18.5 Å². The van der Waals surface area contributed by atoms with Crippen LogP contribution in [0.15, 0.2) is 30.3 Å². The smallest absolute Gasteiger partial charge is 0.127 e. The van der Waals surface area contributed by atoms with E-state index in [0.29, 0.717) is 17.6 Å². The Hall–Kier alpha value is -2.12. The maximum absolute atomic E-state index is 9.26.